The SMILES string of the molecule is CCC(C(N)c1ccccc1)N(C)CCN1CCCC1. The van der Waals surface area contributed by atoms with Gasteiger partial charge in [-0.05, 0) is 45.0 Å². The summed E-state index contributed by atoms with van der Waals surface area (Å²) in [4.78, 5) is 5.01. The maximum Gasteiger partial charge on any atom is 0.0452 e. The van der Waals surface area contributed by atoms with E-state index in [1.807, 2.05) is 6.07 Å². The topological polar surface area (TPSA) is 32.5 Å². The summed E-state index contributed by atoms with van der Waals surface area (Å²) in [5, 5.41) is 0. The molecular formula is C17H29N3. The fourth-order valence-corrected chi connectivity index (χ4v) is 3.21. The number of nitrogens with zero attached hydrogens (tertiary/aromatic N) is 2. The second-order valence-electron chi connectivity index (χ2n) is 5.94. The molecule has 1 saturated heterocycles. The quantitative estimate of drug-likeness (QED) is 0.830. The van der Waals surface area contributed by atoms with Crippen molar-refractivity contribution >= 4 is 0 Å². The van der Waals surface area contributed by atoms with E-state index in [9.17, 15) is 0 Å². The molecule has 1 aliphatic heterocycles. The summed E-state index contributed by atoms with van der Waals surface area (Å²) in [5.74, 6) is 0. The van der Waals surface area contributed by atoms with Crippen molar-refractivity contribution in [2.75, 3.05) is 33.2 Å². The van der Waals surface area contributed by atoms with Crippen LogP contribution in [0, 0.1) is 0 Å². The Bertz CT molecular complexity index is 373. The molecule has 0 radical (unpaired) electrons. The zero-order chi connectivity index (χ0) is 14.4. The van der Waals surface area contributed by atoms with Gasteiger partial charge in [0.15, 0.2) is 0 Å². The number of nitrogens with two attached hydrogens (primary N) is 1. The zero-order valence-corrected chi connectivity index (χ0v) is 13.0. The van der Waals surface area contributed by atoms with E-state index in [-0.39, 0.29) is 6.04 Å². The summed E-state index contributed by atoms with van der Waals surface area (Å²) < 4.78 is 0. The van der Waals surface area contributed by atoms with Gasteiger partial charge < -0.3 is 15.5 Å². The molecule has 0 aromatic heterocycles. The van der Waals surface area contributed by atoms with E-state index in [0.717, 1.165) is 13.0 Å². The third kappa shape index (κ3) is 4.05. The van der Waals surface area contributed by atoms with Crippen molar-refractivity contribution in [2.24, 2.45) is 5.73 Å². The van der Waals surface area contributed by atoms with Gasteiger partial charge in [-0.15, -0.1) is 0 Å². The lowest BCUT2D eigenvalue weighted by Crippen LogP contribution is -2.43. The molecule has 20 heavy (non-hydrogen) atoms. The molecule has 0 amide bonds. The first-order valence-electron chi connectivity index (χ1n) is 7.95. The van der Waals surface area contributed by atoms with Crippen LogP contribution in [0.5, 0.6) is 0 Å². The predicted molar refractivity (Wildman–Crippen MR) is 85.8 cm³/mol. The Morgan fingerprint density at radius 1 is 1.20 bits per heavy atom. The second kappa shape index (κ2) is 7.77. The molecule has 0 saturated carbocycles. The highest BCUT2D eigenvalue weighted by Gasteiger charge is 2.22. The number of rotatable bonds is 7. The van der Waals surface area contributed by atoms with Gasteiger partial charge in [0.2, 0.25) is 0 Å². The molecule has 2 atom stereocenters. The van der Waals surface area contributed by atoms with E-state index in [1.54, 1.807) is 0 Å². The van der Waals surface area contributed by atoms with Crippen LogP contribution in [0.3, 0.4) is 0 Å². The van der Waals surface area contributed by atoms with Crippen LogP contribution in [0.4, 0.5) is 0 Å². The molecule has 112 valence electrons. The minimum absolute atomic E-state index is 0.102. The average Bonchev–Trinajstić information content (AvgIpc) is 3.00. The maximum atomic E-state index is 6.48. The molecule has 3 heteroatoms. The minimum Gasteiger partial charge on any atom is -0.323 e. The van der Waals surface area contributed by atoms with E-state index >= 15 is 0 Å². The molecule has 1 fully saturated rings. The van der Waals surface area contributed by atoms with Gasteiger partial charge >= 0.3 is 0 Å². The Balaban J connectivity index is 1.89. The lowest BCUT2D eigenvalue weighted by molar-refractivity contribution is 0.179. The van der Waals surface area contributed by atoms with Gasteiger partial charge in [0.1, 0.15) is 0 Å². The minimum atomic E-state index is 0.102. The number of likely N-dealkylation sites (tertiary alicyclic amines) is 1. The summed E-state index contributed by atoms with van der Waals surface area (Å²) in [6.07, 6.45) is 3.82. The highest BCUT2D eigenvalue weighted by Crippen LogP contribution is 2.20. The molecule has 1 aliphatic rings. The Morgan fingerprint density at radius 3 is 2.45 bits per heavy atom. The van der Waals surface area contributed by atoms with Gasteiger partial charge in [0, 0.05) is 25.2 Å². The summed E-state index contributed by atoms with van der Waals surface area (Å²) in [6, 6.07) is 11.0. The molecule has 2 N–H and O–H groups in total. The molecule has 0 spiro atoms. The van der Waals surface area contributed by atoms with Crippen molar-refractivity contribution in [3.63, 3.8) is 0 Å². The van der Waals surface area contributed by atoms with Crippen molar-refractivity contribution < 1.29 is 0 Å². The van der Waals surface area contributed by atoms with Crippen molar-refractivity contribution in [1.29, 1.82) is 0 Å². The van der Waals surface area contributed by atoms with Crippen molar-refractivity contribution in [3.8, 4) is 0 Å². The van der Waals surface area contributed by atoms with Gasteiger partial charge in [0.05, 0.1) is 0 Å². The molecule has 3 nitrogen and oxygen atoms in total. The zero-order valence-electron chi connectivity index (χ0n) is 13.0. The first-order chi connectivity index (χ1) is 9.72. The number of benzene rings is 1. The predicted octanol–water partition coefficient (Wildman–Crippen LogP) is 2.49. The molecule has 1 heterocycles. The fraction of sp³-hybridized carbons (Fsp3) is 0.647. The number of likely N-dealkylation sites (N-methyl/N-ethyl adjacent to an activating group) is 1. The third-order valence-corrected chi connectivity index (χ3v) is 4.55. The summed E-state index contributed by atoms with van der Waals surface area (Å²) in [5.41, 5.74) is 7.72. The first kappa shape index (κ1) is 15.5. The Hall–Kier alpha value is -0.900. The van der Waals surface area contributed by atoms with E-state index in [2.05, 4.69) is 48.0 Å². The largest absolute Gasteiger partial charge is 0.323 e. The Morgan fingerprint density at radius 2 is 1.85 bits per heavy atom. The van der Waals surface area contributed by atoms with Crippen LogP contribution in [0.15, 0.2) is 30.3 Å². The monoisotopic (exact) mass is 275 g/mol. The standard InChI is InChI=1S/C17H29N3/c1-3-16(17(18)15-9-5-4-6-10-15)19(2)13-14-20-11-7-8-12-20/h4-6,9-10,16-17H,3,7-8,11-14,18H2,1-2H3. The lowest BCUT2D eigenvalue weighted by atomic mass is 9.97. The van der Waals surface area contributed by atoms with Crippen LogP contribution in [0.25, 0.3) is 0 Å². The van der Waals surface area contributed by atoms with Crippen LogP contribution in [-0.2, 0) is 0 Å². The molecular weight excluding hydrogens is 246 g/mol. The molecule has 2 unspecified atom stereocenters. The maximum absolute atomic E-state index is 6.48. The van der Waals surface area contributed by atoms with Crippen LogP contribution < -0.4 is 5.73 Å². The van der Waals surface area contributed by atoms with Gasteiger partial charge in [0.25, 0.3) is 0 Å². The van der Waals surface area contributed by atoms with Gasteiger partial charge in [-0.3, -0.25) is 0 Å². The molecule has 2 rings (SSSR count). The van der Waals surface area contributed by atoms with E-state index in [0.29, 0.717) is 6.04 Å². The second-order valence-corrected chi connectivity index (χ2v) is 5.94. The van der Waals surface area contributed by atoms with E-state index < -0.39 is 0 Å². The highest BCUT2D eigenvalue weighted by molar-refractivity contribution is 5.20. The summed E-state index contributed by atoms with van der Waals surface area (Å²) in [7, 11) is 2.22. The van der Waals surface area contributed by atoms with E-state index in [1.165, 1.54) is 38.0 Å². The van der Waals surface area contributed by atoms with Gasteiger partial charge in [-0.2, -0.15) is 0 Å². The summed E-state index contributed by atoms with van der Waals surface area (Å²) in [6.45, 7) is 7.07. The molecule has 1 aromatic rings. The molecule has 0 bridgehead atoms. The average molecular weight is 275 g/mol. The lowest BCUT2D eigenvalue weighted by Gasteiger charge is -2.33. The molecule has 0 aliphatic carbocycles. The molecule has 1 aromatic carbocycles. The first-order valence-corrected chi connectivity index (χ1v) is 7.95. The van der Waals surface area contributed by atoms with Crippen molar-refractivity contribution in [3.05, 3.63) is 35.9 Å². The Labute approximate surface area is 123 Å². The smallest absolute Gasteiger partial charge is 0.0452 e. The van der Waals surface area contributed by atoms with Crippen molar-refractivity contribution in [1.82, 2.24) is 9.80 Å². The fourth-order valence-electron chi connectivity index (χ4n) is 3.21. The van der Waals surface area contributed by atoms with Gasteiger partial charge in [-0.25, -0.2) is 0 Å². The highest BCUT2D eigenvalue weighted by atomic mass is 15.2. The normalized spacial score (nSPS) is 19.4. The van der Waals surface area contributed by atoms with Crippen molar-refractivity contribution in [2.45, 2.75) is 38.3 Å². The number of hydrogen-bond donors (Lipinski definition) is 1. The van der Waals surface area contributed by atoms with Crippen LogP contribution >= 0.6 is 0 Å². The van der Waals surface area contributed by atoms with Crippen LogP contribution in [-0.4, -0.2) is 49.1 Å². The third-order valence-electron chi connectivity index (χ3n) is 4.55. The Kier molecular flexibility index (Phi) is 6.02. The van der Waals surface area contributed by atoms with Crippen LogP contribution in [0.1, 0.15) is 37.8 Å². The van der Waals surface area contributed by atoms with E-state index in [4.69, 9.17) is 5.73 Å². The van der Waals surface area contributed by atoms with Crippen LogP contribution in [0.2, 0.25) is 0 Å². The summed E-state index contributed by atoms with van der Waals surface area (Å²) >= 11 is 0. The van der Waals surface area contributed by atoms with Gasteiger partial charge in [-0.1, -0.05) is 37.3 Å². The number of hydrogen-bond acceptors (Lipinski definition) is 3.